The second kappa shape index (κ2) is 7.15. The second-order valence-corrected chi connectivity index (χ2v) is 5.39. The predicted octanol–water partition coefficient (Wildman–Crippen LogP) is 3.55. The standard InChI is InChI=1S/C17H21FN2/c1-13(2)20-11-16(15-6-4-3-5-7-15)8-14-9-17(18)12-19-10-14/h3-7,9-10,12-13,16,20H,8,11H2,1-2H3. The molecule has 1 atom stereocenters. The molecular weight excluding hydrogens is 251 g/mol. The van der Waals surface area contributed by atoms with Crippen LogP contribution in [0.5, 0.6) is 0 Å². The monoisotopic (exact) mass is 272 g/mol. The van der Waals surface area contributed by atoms with Crippen LogP contribution in [0.3, 0.4) is 0 Å². The highest BCUT2D eigenvalue weighted by Crippen LogP contribution is 2.20. The average Bonchev–Trinajstić information content (AvgIpc) is 2.44. The molecule has 0 saturated carbocycles. The molecule has 1 N–H and O–H groups in total. The maximum Gasteiger partial charge on any atom is 0.141 e. The van der Waals surface area contributed by atoms with Crippen LogP contribution in [-0.2, 0) is 6.42 Å². The van der Waals surface area contributed by atoms with Crippen molar-refractivity contribution in [3.63, 3.8) is 0 Å². The molecule has 1 aromatic carbocycles. The van der Waals surface area contributed by atoms with Gasteiger partial charge in [0.2, 0.25) is 0 Å². The molecule has 0 bridgehead atoms. The van der Waals surface area contributed by atoms with Crippen molar-refractivity contribution in [2.75, 3.05) is 6.54 Å². The van der Waals surface area contributed by atoms with Crippen LogP contribution in [-0.4, -0.2) is 17.6 Å². The summed E-state index contributed by atoms with van der Waals surface area (Å²) in [6, 6.07) is 12.4. The number of hydrogen-bond donors (Lipinski definition) is 1. The molecule has 2 aromatic rings. The summed E-state index contributed by atoms with van der Waals surface area (Å²) in [6.07, 6.45) is 3.77. The van der Waals surface area contributed by atoms with E-state index in [4.69, 9.17) is 0 Å². The summed E-state index contributed by atoms with van der Waals surface area (Å²) in [5.74, 6) is 0.0494. The summed E-state index contributed by atoms with van der Waals surface area (Å²) in [5.41, 5.74) is 2.20. The van der Waals surface area contributed by atoms with Crippen LogP contribution in [0.2, 0.25) is 0 Å². The van der Waals surface area contributed by atoms with Gasteiger partial charge in [-0.05, 0) is 23.6 Å². The Bertz CT molecular complexity index is 526. The lowest BCUT2D eigenvalue weighted by molar-refractivity contribution is 0.525. The lowest BCUT2D eigenvalue weighted by atomic mass is 9.92. The largest absolute Gasteiger partial charge is 0.314 e. The molecule has 2 nitrogen and oxygen atoms in total. The normalized spacial score (nSPS) is 12.6. The van der Waals surface area contributed by atoms with Crippen molar-refractivity contribution in [1.29, 1.82) is 0 Å². The van der Waals surface area contributed by atoms with Crippen molar-refractivity contribution in [3.05, 3.63) is 65.7 Å². The summed E-state index contributed by atoms with van der Waals surface area (Å²) in [5, 5.41) is 3.46. The first-order chi connectivity index (χ1) is 9.65. The van der Waals surface area contributed by atoms with Crippen LogP contribution in [0.15, 0.2) is 48.8 Å². The summed E-state index contributed by atoms with van der Waals surface area (Å²) < 4.78 is 13.3. The van der Waals surface area contributed by atoms with Crippen LogP contribution < -0.4 is 5.32 Å². The molecule has 0 saturated heterocycles. The van der Waals surface area contributed by atoms with Gasteiger partial charge in [-0.15, -0.1) is 0 Å². The van der Waals surface area contributed by atoms with E-state index in [9.17, 15) is 4.39 Å². The highest BCUT2D eigenvalue weighted by atomic mass is 19.1. The minimum Gasteiger partial charge on any atom is -0.314 e. The molecule has 1 unspecified atom stereocenters. The van der Waals surface area contributed by atoms with Gasteiger partial charge in [-0.1, -0.05) is 44.2 Å². The van der Waals surface area contributed by atoms with Crippen LogP contribution in [0, 0.1) is 5.82 Å². The highest BCUT2D eigenvalue weighted by molar-refractivity contribution is 5.23. The smallest absolute Gasteiger partial charge is 0.141 e. The number of nitrogens with zero attached hydrogens (tertiary/aromatic N) is 1. The van der Waals surface area contributed by atoms with E-state index in [1.165, 1.54) is 11.8 Å². The van der Waals surface area contributed by atoms with Gasteiger partial charge >= 0.3 is 0 Å². The summed E-state index contributed by atoms with van der Waals surface area (Å²) in [6.45, 7) is 5.13. The van der Waals surface area contributed by atoms with E-state index in [1.54, 1.807) is 12.3 Å². The molecular formula is C17H21FN2. The Morgan fingerprint density at radius 1 is 1.15 bits per heavy atom. The van der Waals surface area contributed by atoms with Gasteiger partial charge in [-0.25, -0.2) is 4.39 Å². The van der Waals surface area contributed by atoms with E-state index < -0.39 is 0 Å². The van der Waals surface area contributed by atoms with Crippen molar-refractivity contribution < 1.29 is 4.39 Å². The van der Waals surface area contributed by atoms with Gasteiger partial charge in [0.15, 0.2) is 0 Å². The molecule has 0 fully saturated rings. The van der Waals surface area contributed by atoms with Crippen LogP contribution in [0.4, 0.5) is 4.39 Å². The fourth-order valence-corrected chi connectivity index (χ4v) is 2.26. The van der Waals surface area contributed by atoms with Gasteiger partial charge in [0, 0.05) is 24.7 Å². The van der Waals surface area contributed by atoms with Crippen molar-refractivity contribution >= 4 is 0 Å². The predicted molar refractivity (Wildman–Crippen MR) is 80.2 cm³/mol. The molecule has 0 spiro atoms. The van der Waals surface area contributed by atoms with Crippen molar-refractivity contribution in [2.45, 2.75) is 32.2 Å². The fraction of sp³-hybridized carbons (Fsp3) is 0.353. The summed E-state index contributed by atoms with van der Waals surface area (Å²) in [4.78, 5) is 3.93. The maximum absolute atomic E-state index is 13.3. The number of aromatic nitrogens is 1. The van der Waals surface area contributed by atoms with Crippen molar-refractivity contribution in [3.8, 4) is 0 Å². The van der Waals surface area contributed by atoms with Gasteiger partial charge in [-0.3, -0.25) is 4.98 Å². The van der Waals surface area contributed by atoms with Gasteiger partial charge in [0.25, 0.3) is 0 Å². The summed E-state index contributed by atoms with van der Waals surface area (Å²) >= 11 is 0. The lowest BCUT2D eigenvalue weighted by Gasteiger charge is -2.20. The molecule has 3 heteroatoms. The molecule has 0 aliphatic heterocycles. The summed E-state index contributed by atoms with van der Waals surface area (Å²) in [7, 11) is 0. The molecule has 1 heterocycles. The Hall–Kier alpha value is -1.74. The first-order valence-corrected chi connectivity index (χ1v) is 7.03. The molecule has 106 valence electrons. The van der Waals surface area contributed by atoms with E-state index in [1.807, 2.05) is 18.2 Å². The first kappa shape index (κ1) is 14.7. The topological polar surface area (TPSA) is 24.9 Å². The van der Waals surface area contributed by atoms with Gasteiger partial charge < -0.3 is 5.32 Å². The fourth-order valence-electron chi connectivity index (χ4n) is 2.26. The minimum atomic E-state index is -0.272. The molecule has 0 aliphatic carbocycles. The van der Waals surface area contributed by atoms with Crippen LogP contribution in [0.1, 0.15) is 30.9 Å². The van der Waals surface area contributed by atoms with Crippen LogP contribution in [0.25, 0.3) is 0 Å². The Morgan fingerprint density at radius 3 is 2.55 bits per heavy atom. The zero-order valence-corrected chi connectivity index (χ0v) is 12.0. The SMILES string of the molecule is CC(C)NCC(Cc1cncc(F)c1)c1ccccc1. The second-order valence-electron chi connectivity index (χ2n) is 5.39. The van der Waals surface area contributed by atoms with Gasteiger partial charge in [0.05, 0.1) is 6.20 Å². The number of pyridine rings is 1. The zero-order valence-electron chi connectivity index (χ0n) is 12.0. The molecule has 0 aliphatic rings. The highest BCUT2D eigenvalue weighted by Gasteiger charge is 2.13. The van der Waals surface area contributed by atoms with E-state index in [0.717, 1.165) is 18.5 Å². The molecule has 1 aromatic heterocycles. The van der Waals surface area contributed by atoms with E-state index in [-0.39, 0.29) is 5.82 Å². The van der Waals surface area contributed by atoms with Crippen LogP contribution >= 0.6 is 0 Å². The van der Waals surface area contributed by atoms with E-state index in [2.05, 4.69) is 36.3 Å². The number of rotatable bonds is 6. The number of hydrogen-bond acceptors (Lipinski definition) is 2. The van der Waals surface area contributed by atoms with Gasteiger partial charge in [0.1, 0.15) is 5.82 Å². The molecule has 0 amide bonds. The Morgan fingerprint density at radius 2 is 1.90 bits per heavy atom. The third-order valence-electron chi connectivity index (χ3n) is 3.29. The number of benzene rings is 1. The zero-order chi connectivity index (χ0) is 14.4. The number of halogens is 1. The van der Waals surface area contributed by atoms with Crippen molar-refractivity contribution in [1.82, 2.24) is 10.3 Å². The Labute approximate surface area is 120 Å². The third kappa shape index (κ3) is 4.42. The minimum absolute atomic E-state index is 0.272. The Balaban J connectivity index is 2.14. The number of nitrogens with one attached hydrogen (secondary N) is 1. The Kier molecular flexibility index (Phi) is 5.24. The molecule has 20 heavy (non-hydrogen) atoms. The van der Waals surface area contributed by atoms with Crippen molar-refractivity contribution in [2.24, 2.45) is 0 Å². The van der Waals surface area contributed by atoms with E-state index >= 15 is 0 Å². The first-order valence-electron chi connectivity index (χ1n) is 7.03. The molecule has 2 rings (SSSR count). The van der Waals surface area contributed by atoms with Gasteiger partial charge in [-0.2, -0.15) is 0 Å². The third-order valence-corrected chi connectivity index (χ3v) is 3.29. The van der Waals surface area contributed by atoms with E-state index in [0.29, 0.717) is 12.0 Å². The quantitative estimate of drug-likeness (QED) is 0.870. The lowest BCUT2D eigenvalue weighted by Crippen LogP contribution is -2.29. The maximum atomic E-state index is 13.3. The average molecular weight is 272 g/mol. The molecule has 0 radical (unpaired) electrons.